The van der Waals surface area contributed by atoms with E-state index in [-0.39, 0.29) is 17.5 Å². The van der Waals surface area contributed by atoms with Crippen LogP contribution in [0.3, 0.4) is 0 Å². The third-order valence-electron chi connectivity index (χ3n) is 4.98. The molecule has 0 aliphatic carbocycles. The van der Waals surface area contributed by atoms with Gasteiger partial charge in [0.05, 0.1) is 28.5 Å². The maximum Gasteiger partial charge on any atom is 0.253 e. The van der Waals surface area contributed by atoms with Crippen LogP contribution < -0.4 is 10.6 Å². The van der Waals surface area contributed by atoms with Crippen LogP contribution in [0.15, 0.2) is 29.4 Å². The van der Waals surface area contributed by atoms with Crippen LogP contribution in [-0.4, -0.2) is 32.9 Å². The van der Waals surface area contributed by atoms with Gasteiger partial charge in [0.25, 0.3) is 5.91 Å². The Morgan fingerprint density at radius 1 is 1.27 bits per heavy atom. The lowest BCUT2D eigenvalue weighted by Crippen LogP contribution is -2.27. The number of nitrogens with one attached hydrogen (secondary N) is 3. The number of hydrogen-bond donors (Lipinski definition) is 3. The van der Waals surface area contributed by atoms with E-state index in [1.807, 2.05) is 31.2 Å². The van der Waals surface area contributed by atoms with E-state index < -0.39 is 0 Å². The molecule has 0 bridgehead atoms. The van der Waals surface area contributed by atoms with Gasteiger partial charge in [-0.1, -0.05) is 17.2 Å². The van der Waals surface area contributed by atoms with Crippen molar-refractivity contribution in [2.75, 3.05) is 11.9 Å². The summed E-state index contributed by atoms with van der Waals surface area (Å²) in [4.78, 5) is 28.2. The van der Waals surface area contributed by atoms with Gasteiger partial charge < -0.3 is 15.6 Å². The number of fused-ring (bicyclic) bond motifs is 2. The molecule has 0 radical (unpaired) electrons. The second-order valence-corrected chi connectivity index (χ2v) is 8.49. The molecular weight excluding hydrogens is 380 g/mol. The van der Waals surface area contributed by atoms with Gasteiger partial charge in [-0.3, -0.25) is 4.79 Å². The van der Waals surface area contributed by atoms with Crippen LogP contribution in [0.4, 0.5) is 5.82 Å². The molecule has 1 unspecified atom stereocenters. The average molecular weight is 404 g/mol. The summed E-state index contributed by atoms with van der Waals surface area (Å²) in [6.45, 7) is 8.49. The predicted octanol–water partition coefficient (Wildman–Crippen LogP) is 4.63. The monoisotopic (exact) mass is 404 g/mol. The lowest BCUT2D eigenvalue weighted by Gasteiger charge is -2.22. The van der Waals surface area contributed by atoms with Gasteiger partial charge in [-0.05, 0) is 51.8 Å². The van der Waals surface area contributed by atoms with Crippen molar-refractivity contribution in [3.05, 3.63) is 51.7 Å². The highest BCUT2D eigenvalue weighted by Gasteiger charge is 2.31. The summed E-state index contributed by atoms with van der Waals surface area (Å²) in [5.41, 5.74) is 13.9. The number of H-pyrrole nitrogens is 1. The number of carbonyl (C=O) groups excluding carboxylic acids is 1. The van der Waals surface area contributed by atoms with Crippen LogP contribution in [0.5, 0.6) is 0 Å². The summed E-state index contributed by atoms with van der Waals surface area (Å²) in [7, 11) is 0. The summed E-state index contributed by atoms with van der Waals surface area (Å²) in [5, 5.41) is 9.92. The highest BCUT2D eigenvalue weighted by Crippen LogP contribution is 2.34. The predicted molar refractivity (Wildman–Crippen MR) is 116 cm³/mol. The van der Waals surface area contributed by atoms with Crippen molar-refractivity contribution in [2.45, 2.75) is 45.7 Å². The zero-order valence-electron chi connectivity index (χ0n) is 17.4. The Labute approximate surface area is 173 Å². The molecule has 30 heavy (non-hydrogen) atoms. The fraction of sp³-hybridized carbons (Fsp3) is 0.381. The minimum absolute atomic E-state index is 0.129. The van der Waals surface area contributed by atoms with E-state index in [4.69, 9.17) is 15.5 Å². The van der Waals surface area contributed by atoms with E-state index >= 15 is 0 Å². The SMILES string of the molecule is Cc1nc2cccc(-c3cc4c([nH]3)C(CCN=[N+]=[N-])NC4=O)c2nc1NC(C)(C)C. The Morgan fingerprint density at radius 3 is 2.80 bits per heavy atom. The molecule has 154 valence electrons. The number of anilines is 1. The highest BCUT2D eigenvalue weighted by molar-refractivity contribution is 6.01. The second kappa shape index (κ2) is 7.35. The number of aromatic nitrogens is 3. The number of amides is 1. The summed E-state index contributed by atoms with van der Waals surface area (Å²) in [5.74, 6) is 0.613. The molecule has 0 saturated carbocycles. The molecule has 1 atom stereocenters. The number of aryl methyl sites for hydroxylation is 1. The number of aromatic amines is 1. The molecule has 1 amide bonds. The van der Waals surface area contributed by atoms with Gasteiger partial charge >= 0.3 is 0 Å². The van der Waals surface area contributed by atoms with Gasteiger partial charge in [-0.2, -0.15) is 0 Å². The zero-order valence-corrected chi connectivity index (χ0v) is 17.4. The first-order chi connectivity index (χ1) is 14.3. The number of rotatable bonds is 5. The minimum atomic E-state index is -0.201. The van der Waals surface area contributed by atoms with Crippen LogP contribution >= 0.6 is 0 Å². The number of para-hydroxylation sites is 1. The molecule has 2 aromatic heterocycles. The molecule has 3 aromatic rings. The molecule has 0 fully saturated rings. The molecule has 1 aliphatic rings. The van der Waals surface area contributed by atoms with Crippen molar-refractivity contribution in [3.8, 4) is 11.3 Å². The molecule has 1 aromatic carbocycles. The van der Waals surface area contributed by atoms with E-state index in [2.05, 4.69) is 46.4 Å². The Kier molecular flexibility index (Phi) is 4.83. The molecule has 4 rings (SSSR count). The molecular formula is C21H24N8O. The first-order valence-electron chi connectivity index (χ1n) is 9.87. The van der Waals surface area contributed by atoms with Gasteiger partial charge in [0, 0.05) is 28.3 Å². The molecule has 9 nitrogen and oxygen atoms in total. The van der Waals surface area contributed by atoms with Crippen molar-refractivity contribution in [1.29, 1.82) is 0 Å². The van der Waals surface area contributed by atoms with E-state index in [9.17, 15) is 4.79 Å². The van der Waals surface area contributed by atoms with E-state index in [0.717, 1.165) is 39.5 Å². The number of nitrogens with zero attached hydrogens (tertiary/aromatic N) is 5. The third kappa shape index (κ3) is 3.67. The minimum Gasteiger partial charge on any atom is -0.364 e. The lowest BCUT2D eigenvalue weighted by atomic mass is 10.1. The van der Waals surface area contributed by atoms with E-state index in [0.29, 0.717) is 18.5 Å². The quantitative estimate of drug-likeness (QED) is 0.325. The van der Waals surface area contributed by atoms with Gasteiger partial charge in [-0.15, -0.1) is 0 Å². The number of carbonyl (C=O) groups is 1. The standard InChI is InChI=1S/C21H24N8O/c1-11-19(28-21(2,3)4)27-17-12(6-5-7-14(17)24-11)16-10-13-18(25-16)15(26-20(13)30)8-9-23-29-22/h5-7,10,15,25H,8-9H2,1-4H3,(H,26,30)(H,27,28). The van der Waals surface area contributed by atoms with Crippen LogP contribution in [-0.2, 0) is 0 Å². The van der Waals surface area contributed by atoms with Gasteiger partial charge in [0.2, 0.25) is 0 Å². The van der Waals surface area contributed by atoms with Crippen LogP contribution in [0.25, 0.3) is 32.7 Å². The maximum atomic E-state index is 12.4. The Bertz CT molecular complexity index is 1180. The second-order valence-electron chi connectivity index (χ2n) is 8.49. The fourth-order valence-corrected chi connectivity index (χ4v) is 3.69. The molecule has 3 heterocycles. The fourth-order valence-electron chi connectivity index (χ4n) is 3.69. The first kappa shape index (κ1) is 19.7. The van der Waals surface area contributed by atoms with E-state index in [1.54, 1.807) is 0 Å². The van der Waals surface area contributed by atoms with Gasteiger partial charge in [0.1, 0.15) is 11.3 Å². The molecule has 9 heteroatoms. The van der Waals surface area contributed by atoms with Crippen molar-refractivity contribution < 1.29 is 4.79 Å². The Morgan fingerprint density at radius 2 is 2.07 bits per heavy atom. The smallest absolute Gasteiger partial charge is 0.253 e. The van der Waals surface area contributed by atoms with Crippen molar-refractivity contribution in [3.63, 3.8) is 0 Å². The lowest BCUT2D eigenvalue weighted by molar-refractivity contribution is 0.0955. The average Bonchev–Trinajstić information content (AvgIpc) is 3.22. The highest BCUT2D eigenvalue weighted by atomic mass is 16.2. The van der Waals surface area contributed by atoms with Gasteiger partial charge in [0.15, 0.2) is 0 Å². The maximum absolute atomic E-state index is 12.4. The topological polar surface area (TPSA) is 131 Å². The Balaban J connectivity index is 1.78. The number of azide groups is 1. The molecule has 1 aliphatic heterocycles. The van der Waals surface area contributed by atoms with Crippen molar-refractivity contribution in [2.24, 2.45) is 5.11 Å². The Hall–Kier alpha value is -3.58. The normalized spacial score (nSPS) is 15.6. The molecule has 0 saturated heterocycles. The van der Waals surface area contributed by atoms with Crippen LogP contribution in [0.2, 0.25) is 0 Å². The molecule has 3 N–H and O–H groups in total. The van der Waals surface area contributed by atoms with Crippen molar-refractivity contribution >= 4 is 22.8 Å². The third-order valence-corrected chi connectivity index (χ3v) is 4.98. The van der Waals surface area contributed by atoms with Crippen LogP contribution in [0.1, 0.15) is 55.0 Å². The number of benzene rings is 1. The van der Waals surface area contributed by atoms with Crippen LogP contribution in [0, 0.1) is 6.92 Å². The van der Waals surface area contributed by atoms with Crippen molar-refractivity contribution in [1.82, 2.24) is 20.3 Å². The summed E-state index contributed by atoms with van der Waals surface area (Å²) < 4.78 is 0. The van der Waals surface area contributed by atoms with E-state index in [1.165, 1.54) is 0 Å². The molecule has 0 spiro atoms. The first-order valence-corrected chi connectivity index (χ1v) is 9.87. The number of hydrogen-bond acceptors (Lipinski definition) is 5. The van der Waals surface area contributed by atoms with Gasteiger partial charge in [-0.25, -0.2) is 9.97 Å². The summed E-state index contributed by atoms with van der Waals surface area (Å²) >= 11 is 0. The zero-order chi connectivity index (χ0) is 21.5. The largest absolute Gasteiger partial charge is 0.364 e. The summed E-state index contributed by atoms with van der Waals surface area (Å²) in [6, 6.07) is 7.50. The summed E-state index contributed by atoms with van der Waals surface area (Å²) in [6.07, 6.45) is 0.539.